The molecule has 1 saturated heterocycles. The Labute approximate surface area is 207 Å². The van der Waals surface area contributed by atoms with Gasteiger partial charge >= 0.3 is 11.2 Å². The molecule has 0 spiro atoms. The van der Waals surface area contributed by atoms with E-state index >= 15 is 0 Å². The Bertz CT molecular complexity index is 1180. The monoisotopic (exact) mass is 505 g/mol. The summed E-state index contributed by atoms with van der Waals surface area (Å²) in [5.74, 6) is 0.0911. The first-order valence-electron chi connectivity index (χ1n) is 11.3. The standard InChI is InChI=1S/C23H28ClN5O4S/c1-25(2)8-4-9-28-18-7-6-16(24)15-17(18)20(21(23(28)31)29(32)33)26-10-12-27(13-11-26)22(30)19-5-3-14-34-19/h3,6-7,14-15,19H,4-5,8-13H2,1-2H3. The maximum atomic E-state index is 13.4. The van der Waals surface area contributed by atoms with Gasteiger partial charge in [-0.05, 0) is 57.1 Å². The number of halogens is 1. The molecule has 1 atom stereocenters. The van der Waals surface area contributed by atoms with Crippen molar-refractivity contribution in [3.05, 3.63) is 55.2 Å². The summed E-state index contributed by atoms with van der Waals surface area (Å²) in [5, 5.41) is 15.0. The number of hydrogen-bond acceptors (Lipinski definition) is 7. The number of fused-ring (bicyclic) bond motifs is 1. The van der Waals surface area contributed by atoms with Crippen LogP contribution >= 0.6 is 23.4 Å². The summed E-state index contributed by atoms with van der Waals surface area (Å²) < 4.78 is 1.49. The first kappa shape index (κ1) is 24.6. The summed E-state index contributed by atoms with van der Waals surface area (Å²) in [4.78, 5) is 43.4. The van der Waals surface area contributed by atoms with E-state index in [0.29, 0.717) is 60.8 Å². The van der Waals surface area contributed by atoms with Gasteiger partial charge in [-0.3, -0.25) is 19.7 Å². The van der Waals surface area contributed by atoms with Crippen molar-refractivity contribution in [2.75, 3.05) is 51.7 Å². The molecule has 1 amide bonds. The number of hydrogen-bond donors (Lipinski definition) is 0. The largest absolute Gasteiger partial charge is 0.362 e. The first-order valence-corrected chi connectivity index (χ1v) is 12.6. The number of benzene rings is 1. The first-order chi connectivity index (χ1) is 16.3. The van der Waals surface area contributed by atoms with Gasteiger partial charge in [0.15, 0.2) is 0 Å². The van der Waals surface area contributed by atoms with Crippen LogP contribution in [0.4, 0.5) is 11.4 Å². The van der Waals surface area contributed by atoms with Crippen LogP contribution in [0.1, 0.15) is 12.8 Å². The molecule has 0 aliphatic carbocycles. The Kier molecular flexibility index (Phi) is 7.49. The zero-order valence-corrected chi connectivity index (χ0v) is 20.8. The zero-order valence-electron chi connectivity index (χ0n) is 19.3. The van der Waals surface area contributed by atoms with Gasteiger partial charge in [0, 0.05) is 43.1 Å². The lowest BCUT2D eigenvalue weighted by Crippen LogP contribution is -2.51. The number of anilines is 1. The molecule has 1 aromatic carbocycles. The molecule has 2 aliphatic rings. The van der Waals surface area contributed by atoms with Crippen molar-refractivity contribution in [3.8, 4) is 0 Å². The highest BCUT2D eigenvalue weighted by Gasteiger charge is 2.33. The molecule has 1 fully saturated rings. The van der Waals surface area contributed by atoms with Crippen LogP contribution in [0.25, 0.3) is 10.9 Å². The minimum atomic E-state index is -0.611. The molecule has 9 nitrogen and oxygen atoms in total. The number of carbonyl (C=O) groups is 1. The third kappa shape index (κ3) is 4.94. The Morgan fingerprint density at radius 1 is 1.26 bits per heavy atom. The molecule has 3 heterocycles. The predicted molar refractivity (Wildman–Crippen MR) is 137 cm³/mol. The smallest absolute Gasteiger partial charge is 0.357 e. The van der Waals surface area contributed by atoms with Gasteiger partial charge in [0.1, 0.15) is 5.69 Å². The summed E-state index contributed by atoms with van der Waals surface area (Å²) in [7, 11) is 3.89. The second-order valence-corrected chi connectivity index (χ2v) is 10.3. The summed E-state index contributed by atoms with van der Waals surface area (Å²) >= 11 is 7.82. The van der Waals surface area contributed by atoms with E-state index in [1.54, 1.807) is 18.2 Å². The van der Waals surface area contributed by atoms with Crippen molar-refractivity contribution in [1.82, 2.24) is 14.4 Å². The van der Waals surface area contributed by atoms with Gasteiger partial charge in [-0.1, -0.05) is 17.7 Å². The highest BCUT2D eigenvalue weighted by atomic mass is 35.5. The molecule has 1 aromatic heterocycles. The number of pyridine rings is 1. The van der Waals surface area contributed by atoms with Crippen LogP contribution in [0.5, 0.6) is 0 Å². The lowest BCUT2D eigenvalue weighted by molar-refractivity contribution is -0.385. The lowest BCUT2D eigenvalue weighted by Gasteiger charge is -2.37. The fourth-order valence-corrected chi connectivity index (χ4v) is 5.62. The molecule has 34 heavy (non-hydrogen) atoms. The van der Waals surface area contributed by atoms with Crippen LogP contribution in [0, 0.1) is 10.1 Å². The average molecular weight is 506 g/mol. The van der Waals surface area contributed by atoms with Crippen LogP contribution in [0.3, 0.4) is 0 Å². The maximum absolute atomic E-state index is 13.4. The molecular weight excluding hydrogens is 478 g/mol. The van der Waals surface area contributed by atoms with E-state index in [4.69, 9.17) is 11.6 Å². The summed E-state index contributed by atoms with van der Waals surface area (Å²) in [6.45, 7) is 2.82. The highest BCUT2D eigenvalue weighted by Crippen LogP contribution is 2.36. The Hall–Kier alpha value is -2.56. The van der Waals surface area contributed by atoms with Crippen molar-refractivity contribution >= 4 is 51.5 Å². The Morgan fingerprint density at radius 3 is 2.62 bits per heavy atom. The van der Waals surface area contributed by atoms with E-state index in [-0.39, 0.29) is 11.2 Å². The van der Waals surface area contributed by atoms with Gasteiger partial charge in [-0.25, -0.2) is 0 Å². The number of allylic oxidation sites excluding steroid dienone is 1. The molecule has 0 bridgehead atoms. The third-order valence-electron chi connectivity index (χ3n) is 6.22. The van der Waals surface area contributed by atoms with E-state index in [0.717, 1.165) is 13.0 Å². The van der Waals surface area contributed by atoms with Crippen molar-refractivity contribution < 1.29 is 9.72 Å². The number of thioether (sulfide) groups is 1. The van der Waals surface area contributed by atoms with Crippen LogP contribution < -0.4 is 10.5 Å². The van der Waals surface area contributed by atoms with E-state index in [2.05, 4.69) is 0 Å². The number of piperazine rings is 1. The number of nitro groups is 1. The van der Waals surface area contributed by atoms with E-state index in [9.17, 15) is 19.7 Å². The van der Waals surface area contributed by atoms with Crippen LogP contribution in [0.15, 0.2) is 34.5 Å². The maximum Gasteiger partial charge on any atom is 0.357 e. The van der Waals surface area contributed by atoms with Gasteiger partial charge in [-0.15, -0.1) is 11.8 Å². The van der Waals surface area contributed by atoms with Crippen LogP contribution in [-0.2, 0) is 11.3 Å². The molecule has 2 aromatic rings. The quantitative estimate of drug-likeness (QED) is 0.421. The van der Waals surface area contributed by atoms with Crippen LogP contribution in [0.2, 0.25) is 5.02 Å². The SMILES string of the molecule is CN(C)CCCn1c(=O)c([N+](=O)[O-])c(N2CCN(C(=O)C3CC=CS3)CC2)c2cc(Cl)ccc21. The zero-order chi connectivity index (χ0) is 24.4. The van der Waals surface area contributed by atoms with E-state index in [1.807, 2.05) is 40.3 Å². The summed E-state index contributed by atoms with van der Waals surface area (Å²) in [6.07, 6.45) is 3.40. The van der Waals surface area contributed by atoms with Gasteiger partial charge in [0.05, 0.1) is 15.7 Å². The minimum absolute atomic E-state index is 0.0911. The van der Waals surface area contributed by atoms with Gasteiger partial charge < -0.3 is 19.3 Å². The lowest BCUT2D eigenvalue weighted by atomic mass is 10.1. The second-order valence-electron chi connectivity index (χ2n) is 8.77. The second kappa shape index (κ2) is 10.4. The molecule has 0 radical (unpaired) electrons. The Balaban J connectivity index is 1.70. The average Bonchev–Trinajstić information content (AvgIpc) is 3.34. The summed E-state index contributed by atoms with van der Waals surface area (Å²) in [5.41, 5.74) is -0.128. The predicted octanol–water partition coefficient (Wildman–Crippen LogP) is 3.18. The fraction of sp³-hybridized carbons (Fsp3) is 0.478. The molecule has 1 unspecified atom stereocenters. The van der Waals surface area contributed by atoms with E-state index in [1.165, 1.54) is 16.3 Å². The highest BCUT2D eigenvalue weighted by molar-refractivity contribution is 8.03. The third-order valence-corrected chi connectivity index (χ3v) is 7.53. The van der Waals surface area contributed by atoms with Crippen molar-refractivity contribution in [1.29, 1.82) is 0 Å². The van der Waals surface area contributed by atoms with Crippen molar-refractivity contribution in [2.24, 2.45) is 0 Å². The number of carbonyl (C=O) groups excluding carboxylic acids is 1. The molecule has 0 N–H and O–H groups in total. The van der Waals surface area contributed by atoms with Crippen molar-refractivity contribution in [2.45, 2.75) is 24.6 Å². The number of aryl methyl sites for hydroxylation is 1. The van der Waals surface area contributed by atoms with Gasteiger partial charge in [0.2, 0.25) is 5.91 Å². The number of rotatable bonds is 7. The van der Waals surface area contributed by atoms with Gasteiger partial charge in [0.25, 0.3) is 0 Å². The van der Waals surface area contributed by atoms with Crippen molar-refractivity contribution in [3.63, 3.8) is 0 Å². The molecule has 182 valence electrons. The number of amides is 1. The fourth-order valence-electron chi connectivity index (χ4n) is 4.55. The topological polar surface area (TPSA) is 91.9 Å². The Morgan fingerprint density at radius 2 is 2.00 bits per heavy atom. The molecular formula is C23H28ClN5O4S. The summed E-state index contributed by atoms with van der Waals surface area (Å²) in [6, 6.07) is 5.15. The number of nitrogens with zero attached hydrogens (tertiary/aromatic N) is 5. The van der Waals surface area contributed by atoms with Crippen LogP contribution in [-0.4, -0.2) is 77.3 Å². The molecule has 4 rings (SSSR count). The normalized spacial score (nSPS) is 18.3. The van der Waals surface area contributed by atoms with Gasteiger partial charge in [-0.2, -0.15) is 0 Å². The minimum Gasteiger partial charge on any atom is -0.362 e. The molecule has 0 saturated carbocycles. The molecule has 2 aliphatic heterocycles. The molecule has 11 heteroatoms. The number of aromatic nitrogens is 1. The van der Waals surface area contributed by atoms with E-state index < -0.39 is 16.2 Å².